The fourth-order valence-corrected chi connectivity index (χ4v) is 2.79. The minimum absolute atomic E-state index is 0. The highest BCUT2D eigenvalue weighted by molar-refractivity contribution is 9.10. The SMILES string of the molecule is CC1CNCCN1C(=O)c1n[nH]c2ccc(Br)cc12.Cl. The molecular formula is C13H16BrClN4O. The molecule has 1 unspecified atom stereocenters. The van der Waals surface area contributed by atoms with Gasteiger partial charge in [-0.05, 0) is 25.1 Å². The number of hydrogen-bond donors (Lipinski definition) is 2. The Balaban J connectivity index is 0.00000147. The number of carbonyl (C=O) groups excluding carboxylic acids is 1. The van der Waals surface area contributed by atoms with Gasteiger partial charge in [0.2, 0.25) is 0 Å². The fraction of sp³-hybridized carbons (Fsp3) is 0.385. The molecule has 20 heavy (non-hydrogen) atoms. The van der Waals surface area contributed by atoms with E-state index in [0.29, 0.717) is 5.69 Å². The first kappa shape index (κ1) is 15.3. The molecule has 1 atom stereocenters. The number of fused-ring (bicyclic) bond motifs is 1. The molecule has 2 heterocycles. The number of benzene rings is 1. The molecule has 2 aromatic rings. The van der Waals surface area contributed by atoms with Crippen molar-refractivity contribution in [2.75, 3.05) is 19.6 Å². The van der Waals surface area contributed by atoms with Crippen LogP contribution in [-0.4, -0.2) is 46.7 Å². The number of nitrogens with one attached hydrogen (secondary N) is 2. The van der Waals surface area contributed by atoms with Gasteiger partial charge < -0.3 is 10.2 Å². The topological polar surface area (TPSA) is 61.0 Å². The molecule has 1 aliphatic rings. The fourth-order valence-electron chi connectivity index (χ4n) is 2.43. The molecular weight excluding hydrogens is 344 g/mol. The molecule has 7 heteroatoms. The molecule has 1 aromatic carbocycles. The highest BCUT2D eigenvalue weighted by Gasteiger charge is 2.26. The summed E-state index contributed by atoms with van der Waals surface area (Å²) >= 11 is 3.43. The van der Waals surface area contributed by atoms with Crippen molar-refractivity contribution in [2.24, 2.45) is 0 Å². The van der Waals surface area contributed by atoms with Gasteiger partial charge in [-0.15, -0.1) is 12.4 Å². The number of H-pyrrole nitrogens is 1. The molecule has 1 aliphatic heterocycles. The summed E-state index contributed by atoms with van der Waals surface area (Å²) in [6, 6.07) is 5.98. The van der Waals surface area contributed by atoms with Gasteiger partial charge in [-0.25, -0.2) is 0 Å². The van der Waals surface area contributed by atoms with Crippen molar-refractivity contribution in [3.8, 4) is 0 Å². The smallest absolute Gasteiger partial charge is 0.275 e. The van der Waals surface area contributed by atoms with E-state index in [1.807, 2.05) is 23.1 Å². The lowest BCUT2D eigenvalue weighted by Gasteiger charge is -2.33. The Kier molecular flexibility index (Phi) is 4.67. The van der Waals surface area contributed by atoms with E-state index in [1.54, 1.807) is 0 Å². The van der Waals surface area contributed by atoms with Gasteiger partial charge in [-0.2, -0.15) is 5.10 Å². The molecule has 5 nitrogen and oxygen atoms in total. The van der Waals surface area contributed by atoms with Crippen molar-refractivity contribution in [1.29, 1.82) is 0 Å². The highest BCUT2D eigenvalue weighted by Crippen LogP contribution is 2.22. The summed E-state index contributed by atoms with van der Waals surface area (Å²) in [4.78, 5) is 14.5. The number of nitrogens with zero attached hydrogens (tertiary/aromatic N) is 2. The van der Waals surface area contributed by atoms with Gasteiger partial charge in [0.1, 0.15) is 0 Å². The van der Waals surface area contributed by atoms with Gasteiger partial charge in [-0.3, -0.25) is 9.89 Å². The zero-order chi connectivity index (χ0) is 13.4. The zero-order valence-electron chi connectivity index (χ0n) is 11.0. The predicted molar refractivity (Wildman–Crippen MR) is 84.4 cm³/mol. The van der Waals surface area contributed by atoms with Crippen molar-refractivity contribution in [3.63, 3.8) is 0 Å². The Morgan fingerprint density at radius 3 is 3.05 bits per heavy atom. The number of hydrogen-bond acceptors (Lipinski definition) is 3. The molecule has 0 bridgehead atoms. The van der Waals surface area contributed by atoms with Crippen molar-refractivity contribution in [3.05, 3.63) is 28.4 Å². The quantitative estimate of drug-likeness (QED) is 0.820. The van der Waals surface area contributed by atoms with Crippen LogP contribution in [0.5, 0.6) is 0 Å². The van der Waals surface area contributed by atoms with Crippen LogP contribution < -0.4 is 5.32 Å². The number of amides is 1. The molecule has 0 radical (unpaired) electrons. The van der Waals surface area contributed by atoms with Crippen molar-refractivity contribution < 1.29 is 4.79 Å². The van der Waals surface area contributed by atoms with E-state index in [2.05, 4.69) is 38.4 Å². The predicted octanol–water partition coefficient (Wildman–Crippen LogP) is 2.18. The average molecular weight is 360 g/mol. The van der Waals surface area contributed by atoms with Gasteiger partial charge in [0, 0.05) is 35.5 Å². The molecule has 1 amide bonds. The molecule has 1 fully saturated rings. The Morgan fingerprint density at radius 1 is 1.50 bits per heavy atom. The largest absolute Gasteiger partial charge is 0.332 e. The number of aromatic amines is 1. The number of carbonyl (C=O) groups is 1. The summed E-state index contributed by atoms with van der Waals surface area (Å²) in [6.07, 6.45) is 0. The lowest BCUT2D eigenvalue weighted by molar-refractivity contribution is 0.0651. The second-order valence-electron chi connectivity index (χ2n) is 4.81. The van der Waals surface area contributed by atoms with Crippen LogP contribution >= 0.6 is 28.3 Å². The minimum Gasteiger partial charge on any atom is -0.332 e. The maximum absolute atomic E-state index is 12.6. The Hall–Kier alpha value is -1.11. The Labute approximate surface area is 131 Å². The second-order valence-corrected chi connectivity index (χ2v) is 5.73. The van der Waals surface area contributed by atoms with E-state index >= 15 is 0 Å². The number of piperazine rings is 1. The van der Waals surface area contributed by atoms with E-state index in [0.717, 1.165) is 35.0 Å². The van der Waals surface area contributed by atoms with Gasteiger partial charge in [0.25, 0.3) is 5.91 Å². The normalized spacial score (nSPS) is 18.9. The van der Waals surface area contributed by atoms with E-state index < -0.39 is 0 Å². The van der Waals surface area contributed by atoms with Crippen molar-refractivity contribution in [1.82, 2.24) is 20.4 Å². The third kappa shape index (κ3) is 2.68. The molecule has 1 aromatic heterocycles. The van der Waals surface area contributed by atoms with Crippen LogP contribution in [0, 0.1) is 0 Å². The number of aromatic nitrogens is 2. The van der Waals surface area contributed by atoms with Crippen LogP contribution in [-0.2, 0) is 0 Å². The number of halogens is 2. The first-order valence-corrected chi connectivity index (χ1v) is 7.11. The minimum atomic E-state index is -0.00153. The van der Waals surface area contributed by atoms with Gasteiger partial charge in [-0.1, -0.05) is 15.9 Å². The lowest BCUT2D eigenvalue weighted by Crippen LogP contribution is -2.52. The van der Waals surface area contributed by atoms with Crippen LogP contribution in [0.4, 0.5) is 0 Å². The van der Waals surface area contributed by atoms with Crippen molar-refractivity contribution in [2.45, 2.75) is 13.0 Å². The van der Waals surface area contributed by atoms with Crippen LogP contribution in [0.2, 0.25) is 0 Å². The Morgan fingerprint density at radius 2 is 2.30 bits per heavy atom. The molecule has 0 aliphatic carbocycles. The van der Waals surface area contributed by atoms with Gasteiger partial charge in [0.05, 0.1) is 5.52 Å². The molecule has 3 rings (SSSR count). The zero-order valence-corrected chi connectivity index (χ0v) is 13.4. The van der Waals surface area contributed by atoms with Crippen LogP contribution in [0.3, 0.4) is 0 Å². The molecule has 0 saturated carbocycles. The van der Waals surface area contributed by atoms with E-state index in [9.17, 15) is 4.79 Å². The molecule has 108 valence electrons. The molecule has 2 N–H and O–H groups in total. The van der Waals surface area contributed by atoms with Gasteiger partial charge in [0.15, 0.2) is 5.69 Å². The van der Waals surface area contributed by atoms with Crippen LogP contribution in [0.25, 0.3) is 10.9 Å². The third-order valence-corrected chi connectivity index (χ3v) is 3.98. The summed E-state index contributed by atoms with van der Waals surface area (Å²) in [7, 11) is 0. The van der Waals surface area contributed by atoms with E-state index in [1.165, 1.54) is 0 Å². The lowest BCUT2D eigenvalue weighted by atomic mass is 10.1. The summed E-state index contributed by atoms with van der Waals surface area (Å²) in [5, 5.41) is 11.3. The summed E-state index contributed by atoms with van der Waals surface area (Å²) < 4.78 is 0.948. The summed E-state index contributed by atoms with van der Waals surface area (Å²) in [5.41, 5.74) is 1.39. The highest BCUT2D eigenvalue weighted by atomic mass is 79.9. The second kappa shape index (κ2) is 6.11. The first-order chi connectivity index (χ1) is 9.16. The maximum Gasteiger partial charge on any atom is 0.275 e. The first-order valence-electron chi connectivity index (χ1n) is 6.32. The summed E-state index contributed by atoms with van der Waals surface area (Å²) in [5.74, 6) is -0.00153. The standard InChI is InChI=1S/C13H15BrN4O.ClH/c1-8-7-15-4-5-18(8)13(19)12-10-6-9(14)2-3-11(10)16-17-12;/h2-3,6,8,15H,4-5,7H2,1H3,(H,16,17);1H. The molecule has 1 saturated heterocycles. The number of rotatable bonds is 1. The van der Waals surface area contributed by atoms with Crippen LogP contribution in [0.15, 0.2) is 22.7 Å². The monoisotopic (exact) mass is 358 g/mol. The van der Waals surface area contributed by atoms with Crippen molar-refractivity contribution >= 4 is 45.1 Å². The average Bonchev–Trinajstić information content (AvgIpc) is 2.81. The van der Waals surface area contributed by atoms with E-state index in [4.69, 9.17) is 0 Å². The summed E-state index contributed by atoms with van der Waals surface area (Å²) in [6.45, 7) is 4.44. The van der Waals surface area contributed by atoms with Crippen LogP contribution in [0.1, 0.15) is 17.4 Å². The van der Waals surface area contributed by atoms with Gasteiger partial charge >= 0.3 is 0 Å². The Bertz CT molecular complexity index is 630. The van der Waals surface area contributed by atoms with E-state index in [-0.39, 0.29) is 24.4 Å². The maximum atomic E-state index is 12.6. The third-order valence-electron chi connectivity index (χ3n) is 3.49. The molecule has 0 spiro atoms.